The standard InChI is InChI=1S/C19H17BrF2N4S/c1-11-4-5-12(20)7-14(11)17-25-26-18(27-17)24-10-19(8-13(21)9-19)16-15(22)3-2-6-23-16/h2-7,13H,8-10H2,1H3,(H,24,26)/t13-,19-. The number of nitrogens with one attached hydrogen (secondary N) is 1. The van der Waals surface area contributed by atoms with E-state index in [-0.39, 0.29) is 12.8 Å². The molecule has 4 rings (SSSR count). The van der Waals surface area contributed by atoms with E-state index in [0.29, 0.717) is 17.4 Å². The normalized spacial score (nSPS) is 21.7. The number of hydrogen-bond donors (Lipinski definition) is 1. The molecule has 1 aliphatic carbocycles. The number of rotatable bonds is 5. The zero-order valence-corrected chi connectivity index (χ0v) is 16.9. The SMILES string of the molecule is Cc1ccc(Br)cc1-c1nnc(NC[C@]2(c3ncccc3F)C[C@H](F)C2)s1. The van der Waals surface area contributed by atoms with Gasteiger partial charge in [0.2, 0.25) is 5.13 Å². The highest BCUT2D eigenvalue weighted by molar-refractivity contribution is 9.10. The minimum atomic E-state index is -0.928. The molecule has 1 saturated carbocycles. The number of anilines is 1. The summed E-state index contributed by atoms with van der Waals surface area (Å²) >= 11 is 4.90. The molecule has 0 aliphatic heterocycles. The minimum Gasteiger partial charge on any atom is -0.359 e. The van der Waals surface area contributed by atoms with Gasteiger partial charge in [0, 0.05) is 28.2 Å². The molecule has 0 spiro atoms. The Labute approximate surface area is 168 Å². The molecule has 1 aromatic carbocycles. The van der Waals surface area contributed by atoms with Crippen LogP contribution < -0.4 is 5.32 Å². The van der Waals surface area contributed by atoms with Crippen molar-refractivity contribution in [2.24, 2.45) is 0 Å². The topological polar surface area (TPSA) is 50.7 Å². The molecular formula is C19H17BrF2N4S. The zero-order chi connectivity index (χ0) is 19.0. The number of benzene rings is 1. The lowest BCUT2D eigenvalue weighted by Gasteiger charge is -2.43. The van der Waals surface area contributed by atoms with Crippen LogP contribution in [0.1, 0.15) is 24.1 Å². The number of hydrogen-bond acceptors (Lipinski definition) is 5. The molecule has 2 aromatic heterocycles. The smallest absolute Gasteiger partial charge is 0.206 e. The lowest BCUT2D eigenvalue weighted by molar-refractivity contribution is 0.0965. The number of aromatic nitrogens is 3. The van der Waals surface area contributed by atoms with Gasteiger partial charge in [0.15, 0.2) is 0 Å². The van der Waals surface area contributed by atoms with Crippen LogP contribution in [0.25, 0.3) is 10.6 Å². The third kappa shape index (κ3) is 3.60. The molecule has 0 saturated heterocycles. The van der Waals surface area contributed by atoms with Crippen LogP contribution in [0.5, 0.6) is 0 Å². The predicted molar refractivity (Wildman–Crippen MR) is 106 cm³/mol. The van der Waals surface area contributed by atoms with Crippen molar-refractivity contribution in [3.63, 3.8) is 0 Å². The Balaban J connectivity index is 1.54. The Morgan fingerprint density at radius 3 is 2.85 bits per heavy atom. The first-order chi connectivity index (χ1) is 13.0. The van der Waals surface area contributed by atoms with E-state index >= 15 is 0 Å². The van der Waals surface area contributed by atoms with Gasteiger partial charge < -0.3 is 5.32 Å². The van der Waals surface area contributed by atoms with Crippen molar-refractivity contribution >= 4 is 32.4 Å². The van der Waals surface area contributed by atoms with Crippen LogP contribution in [0.15, 0.2) is 41.0 Å². The maximum Gasteiger partial charge on any atom is 0.206 e. The summed E-state index contributed by atoms with van der Waals surface area (Å²) in [4.78, 5) is 4.17. The van der Waals surface area contributed by atoms with Crippen LogP contribution in [-0.4, -0.2) is 27.9 Å². The third-order valence-electron chi connectivity index (χ3n) is 4.92. The van der Waals surface area contributed by atoms with Crippen LogP contribution in [0, 0.1) is 12.7 Å². The Hall–Kier alpha value is -1.93. The Bertz CT molecular complexity index is 972. The summed E-state index contributed by atoms with van der Waals surface area (Å²) < 4.78 is 28.9. The van der Waals surface area contributed by atoms with Crippen molar-refractivity contribution in [3.05, 3.63) is 58.1 Å². The van der Waals surface area contributed by atoms with Gasteiger partial charge in [-0.2, -0.15) is 0 Å². The Morgan fingerprint density at radius 2 is 2.11 bits per heavy atom. The summed E-state index contributed by atoms with van der Waals surface area (Å²) in [5.74, 6) is -0.395. The number of halogens is 3. The van der Waals surface area contributed by atoms with E-state index in [0.717, 1.165) is 20.6 Å². The van der Waals surface area contributed by atoms with Crippen molar-refractivity contribution in [2.45, 2.75) is 31.4 Å². The molecule has 1 N–H and O–H groups in total. The van der Waals surface area contributed by atoms with Crippen molar-refractivity contribution in [1.82, 2.24) is 15.2 Å². The maximum absolute atomic E-state index is 14.2. The first-order valence-electron chi connectivity index (χ1n) is 8.56. The molecule has 0 amide bonds. The molecular weight excluding hydrogens is 434 g/mol. The summed E-state index contributed by atoms with van der Waals surface area (Å²) in [6.07, 6.45) is 1.13. The second-order valence-electron chi connectivity index (χ2n) is 6.84. The Kier molecular flexibility index (Phi) is 4.94. The molecule has 1 aliphatic rings. The summed E-state index contributed by atoms with van der Waals surface area (Å²) in [6, 6.07) is 8.92. The molecule has 3 aromatic rings. The Morgan fingerprint density at radius 1 is 1.30 bits per heavy atom. The van der Waals surface area contributed by atoms with Gasteiger partial charge in [-0.15, -0.1) is 10.2 Å². The number of aryl methyl sites for hydroxylation is 1. The van der Waals surface area contributed by atoms with Gasteiger partial charge in [0.05, 0.1) is 5.69 Å². The quantitative estimate of drug-likeness (QED) is 0.573. The molecule has 27 heavy (non-hydrogen) atoms. The molecule has 0 unspecified atom stereocenters. The fourth-order valence-corrected chi connectivity index (χ4v) is 4.64. The highest BCUT2D eigenvalue weighted by Crippen LogP contribution is 2.46. The van der Waals surface area contributed by atoms with E-state index in [2.05, 4.69) is 36.4 Å². The van der Waals surface area contributed by atoms with Gasteiger partial charge >= 0.3 is 0 Å². The van der Waals surface area contributed by atoms with Crippen LogP contribution >= 0.6 is 27.3 Å². The predicted octanol–water partition coefficient (Wildman–Crippen LogP) is 5.29. The van der Waals surface area contributed by atoms with Crippen molar-refractivity contribution < 1.29 is 8.78 Å². The maximum atomic E-state index is 14.2. The van der Waals surface area contributed by atoms with Gasteiger partial charge in [-0.3, -0.25) is 4.98 Å². The van der Waals surface area contributed by atoms with Gasteiger partial charge in [0.25, 0.3) is 0 Å². The number of alkyl halides is 1. The van der Waals surface area contributed by atoms with E-state index in [4.69, 9.17) is 0 Å². The van der Waals surface area contributed by atoms with Crippen LogP contribution in [0.2, 0.25) is 0 Å². The fourth-order valence-electron chi connectivity index (χ4n) is 3.46. The first kappa shape index (κ1) is 18.4. The van der Waals surface area contributed by atoms with Gasteiger partial charge in [0.1, 0.15) is 17.0 Å². The highest BCUT2D eigenvalue weighted by Gasteiger charge is 2.48. The lowest BCUT2D eigenvalue weighted by Crippen LogP contribution is -2.48. The largest absolute Gasteiger partial charge is 0.359 e. The van der Waals surface area contributed by atoms with E-state index in [9.17, 15) is 8.78 Å². The third-order valence-corrected chi connectivity index (χ3v) is 6.33. The summed E-state index contributed by atoms with van der Waals surface area (Å²) in [7, 11) is 0. The van der Waals surface area contributed by atoms with Crippen LogP contribution in [0.4, 0.5) is 13.9 Å². The highest BCUT2D eigenvalue weighted by atomic mass is 79.9. The number of nitrogens with zero attached hydrogens (tertiary/aromatic N) is 3. The molecule has 1 fully saturated rings. The van der Waals surface area contributed by atoms with Gasteiger partial charge in [-0.25, -0.2) is 8.78 Å². The molecule has 0 radical (unpaired) electrons. The molecule has 2 heterocycles. The molecule has 8 heteroatoms. The molecule has 0 bridgehead atoms. The summed E-state index contributed by atoms with van der Waals surface area (Å²) in [5.41, 5.74) is 1.78. The van der Waals surface area contributed by atoms with Crippen molar-refractivity contribution in [1.29, 1.82) is 0 Å². The van der Waals surface area contributed by atoms with E-state index < -0.39 is 17.4 Å². The van der Waals surface area contributed by atoms with Gasteiger partial charge in [-0.1, -0.05) is 33.3 Å². The minimum absolute atomic E-state index is 0.254. The monoisotopic (exact) mass is 450 g/mol. The zero-order valence-electron chi connectivity index (χ0n) is 14.5. The molecule has 0 atom stereocenters. The van der Waals surface area contributed by atoms with E-state index in [1.54, 1.807) is 12.3 Å². The summed E-state index contributed by atoms with van der Waals surface area (Å²) in [6.45, 7) is 2.39. The molecule has 140 valence electrons. The fraction of sp³-hybridized carbons (Fsp3) is 0.316. The first-order valence-corrected chi connectivity index (χ1v) is 10.2. The number of pyridine rings is 1. The lowest BCUT2D eigenvalue weighted by atomic mass is 9.65. The van der Waals surface area contributed by atoms with Gasteiger partial charge in [-0.05, 0) is 49.6 Å². The second-order valence-corrected chi connectivity index (χ2v) is 8.74. The average Bonchev–Trinajstić information content (AvgIpc) is 3.09. The molecule has 4 nitrogen and oxygen atoms in total. The second kappa shape index (κ2) is 7.24. The van der Waals surface area contributed by atoms with Crippen molar-refractivity contribution in [2.75, 3.05) is 11.9 Å². The average molecular weight is 451 g/mol. The van der Waals surface area contributed by atoms with E-state index in [1.807, 2.05) is 25.1 Å². The van der Waals surface area contributed by atoms with Crippen LogP contribution in [-0.2, 0) is 5.41 Å². The van der Waals surface area contributed by atoms with E-state index in [1.165, 1.54) is 17.4 Å². The van der Waals surface area contributed by atoms with Crippen LogP contribution in [0.3, 0.4) is 0 Å². The summed E-state index contributed by atoms with van der Waals surface area (Å²) in [5, 5.41) is 13.1. The van der Waals surface area contributed by atoms with Crippen molar-refractivity contribution in [3.8, 4) is 10.6 Å².